The summed E-state index contributed by atoms with van der Waals surface area (Å²) in [6, 6.07) is 3.50. The predicted molar refractivity (Wildman–Crippen MR) is 123 cm³/mol. The first-order valence-electron chi connectivity index (χ1n) is 12.1. The van der Waals surface area contributed by atoms with Crippen LogP contribution in [0.15, 0.2) is 40.1 Å². The number of hydrogen-bond donors (Lipinski definition) is 2. The van der Waals surface area contributed by atoms with Gasteiger partial charge in [-0.25, -0.2) is 4.98 Å². The Morgan fingerprint density at radius 1 is 1.33 bits per heavy atom. The third-order valence-corrected chi connectivity index (χ3v) is 7.49. The molecule has 0 unspecified atom stereocenters. The minimum Gasteiger partial charge on any atom is -0.451 e. The fraction of sp³-hybridized carbons (Fsp3) is 0.560. The first kappa shape index (κ1) is 22.1. The van der Waals surface area contributed by atoms with Crippen LogP contribution in [0.3, 0.4) is 0 Å². The van der Waals surface area contributed by atoms with E-state index in [-0.39, 0.29) is 36.1 Å². The van der Waals surface area contributed by atoms with Crippen LogP contribution in [0.25, 0.3) is 5.57 Å². The summed E-state index contributed by atoms with van der Waals surface area (Å²) in [6.45, 7) is 3.45. The number of allylic oxidation sites excluding steroid dienone is 2. The number of fused-ring (bicyclic) bond motifs is 4. The van der Waals surface area contributed by atoms with Gasteiger partial charge in [0.1, 0.15) is 6.26 Å². The number of nitrogens with one attached hydrogen (secondary N) is 1. The molecule has 2 N–H and O–H groups in total. The normalized spacial score (nSPS) is 26.7. The molecule has 4 heterocycles. The summed E-state index contributed by atoms with van der Waals surface area (Å²) in [6.07, 6.45) is 10.3. The fourth-order valence-electron chi connectivity index (χ4n) is 5.94. The number of carbonyl (C=O) groups is 1. The summed E-state index contributed by atoms with van der Waals surface area (Å²) in [5.41, 5.74) is 3.54. The van der Waals surface area contributed by atoms with Crippen molar-refractivity contribution in [2.45, 2.75) is 64.2 Å². The maximum atomic E-state index is 13.6. The highest BCUT2D eigenvalue weighted by Gasteiger charge is 2.55. The molecule has 2 aliphatic heterocycles. The number of hydrogen-bond acceptors (Lipinski definition) is 6. The fourth-order valence-corrected chi connectivity index (χ4v) is 5.94. The van der Waals surface area contributed by atoms with Crippen molar-refractivity contribution in [2.24, 2.45) is 11.8 Å². The molecule has 8 nitrogen and oxygen atoms in total. The second kappa shape index (κ2) is 9.27. The van der Waals surface area contributed by atoms with Gasteiger partial charge in [0.25, 0.3) is 5.56 Å². The standard InChI is InChI=1S/C25H32N4O4/c1-2-10-26-24(31)22-19(13-30)21-12-29-20(23(22)28(21)11-17-14-33-15-27-17)9-8-18(25(29)32)16-6-4-3-5-7-16/h6,8-9,14-15,19,21-23,30H,2-5,7,10-13H2,1H3,(H,26,31)/t19-,21-,22+,23+/m1/s1. The van der Waals surface area contributed by atoms with Crippen LogP contribution in [0.1, 0.15) is 62.0 Å². The van der Waals surface area contributed by atoms with Crippen molar-refractivity contribution in [3.05, 3.63) is 58.2 Å². The average molecular weight is 453 g/mol. The number of aromatic nitrogens is 2. The van der Waals surface area contributed by atoms with Crippen molar-refractivity contribution in [1.82, 2.24) is 19.8 Å². The molecular formula is C25H32N4O4. The van der Waals surface area contributed by atoms with Gasteiger partial charge < -0.3 is 19.4 Å². The number of oxazole rings is 1. The Kier molecular flexibility index (Phi) is 6.21. The molecular weight excluding hydrogens is 420 g/mol. The molecule has 2 aromatic rings. The molecule has 1 aliphatic carbocycles. The van der Waals surface area contributed by atoms with Crippen LogP contribution in [0.2, 0.25) is 0 Å². The van der Waals surface area contributed by atoms with E-state index in [2.05, 4.69) is 21.3 Å². The molecule has 0 saturated carbocycles. The number of nitrogens with zero attached hydrogens (tertiary/aromatic N) is 3. The Hall–Kier alpha value is -2.71. The lowest BCUT2D eigenvalue weighted by atomic mass is 9.86. The largest absolute Gasteiger partial charge is 0.451 e. The highest BCUT2D eigenvalue weighted by atomic mass is 16.3. The van der Waals surface area contributed by atoms with Crippen LogP contribution < -0.4 is 10.9 Å². The van der Waals surface area contributed by atoms with Gasteiger partial charge in [-0.3, -0.25) is 14.5 Å². The van der Waals surface area contributed by atoms with Crippen LogP contribution in [-0.2, 0) is 17.9 Å². The lowest BCUT2D eigenvalue weighted by Gasteiger charge is -2.38. The van der Waals surface area contributed by atoms with Gasteiger partial charge >= 0.3 is 0 Å². The number of aliphatic hydroxyl groups is 1. The van der Waals surface area contributed by atoms with E-state index in [0.29, 0.717) is 19.6 Å². The molecule has 1 amide bonds. The smallest absolute Gasteiger partial charge is 0.258 e. The summed E-state index contributed by atoms with van der Waals surface area (Å²) < 4.78 is 7.03. The Balaban J connectivity index is 1.58. The third kappa shape index (κ3) is 3.85. The Bertz CT molecular complexity index is 1090. The summed E-state index contributed by atoms with van der Waals surface area (Å²) in [4.78, 5) is 33.4. The lowest BCUT2D eigenvalue weighted by Crippen LogP contribution is -2.46. The Labute approximate surface area is 193 Å². The summed E-state index contributed by atoms with van der Waals surface area (Å²) in [7, 11) is 0. The topological polar surface area (TPSA) is 101 Å². The van der Waals surface area contributed by atoms with Gasteiger partial charge in [-0.15, -0.1) is 0 Å². The van der Waals surface area contributed by atoms with Gasteiger partial charge in [0.15, 0.2) is 6.39 Å². The van der Waals surface area contributed by atoms with Crippen molar-refractivity contribution in [2.75, 3.05) is 13.2 Å². The molecule has 33 heavy (non-hydrogen) atoms. The average Bonchev–Trinajstić information content (AvgIpc) is 3.42. The first-order chi connectivity index (χ1) is 16.1. The van der Waals surface area contributed by atoms with Crippen molar-refractivity contribution in [3.8, 4) is 0 Å². The molecule has 1 fully saturated rings. The van der Waals surface area contributed by atoms with Crippen molar-refractivity contribution >= 4 is 11.5 Å². The van der Waals surface area contributed by atoms with Crippen LogP contribution in [0.5, 0.6) is 0 Å². The number of carbonyl (C=O) groups excluding carboxylic acids is 1. The monoisotopic (exact) mass is 452 g/mol. The van der Waals surface area contributed by atoms with E-state index in [1.165, 1.54) is 12.8 Å². The number of rotatable bonds is 7. The molecule has 2 aromatic heterocycles. The van der Waals surface area contributed by atoms with Gasteiger partial charge in [0.2, 0.25) is 5.91 Å². The van der Waals surface area contributed by atoms with Crippen molar-refractivity contribution < 1.29 is 14.3 Å². The van der Waals surface area contributed by atoms with Gasteiger partial charge in [-0.05, 0) is 49.8 Å². The molecule has 1 saturated heterocycles. The van der Waals surface area contributed by atoms with E-state index >= 15 is 0 Å². The predicted octanol–water partition coefficient (Wildman–Crippen LogP) is 2.48. The van der Waals surface area contributed by atoms with Crippen molar-refractivity contribution in [1.29, 1.82) is 0 Å². The minimum atomic E-state index is -0.439. The van der Waals surface area contributed by atoms with E-state index in [1.54, 1.807) is 6.26 Å². The molecule has 2 bridgehead atoms. The number of pyridine rings is 1. The molecule has 0 aromatic carbocycles. The van der Waals surface area contributed by atoms with Crippen molar-refractivity contribution in [3.63, 3.8) is 0 Å². The number of aliphatic hydroxyl groups excluding tert-OH is 1. The van der Waals surface area contributed by atoms with Crippen LogP contribution in [-0.4, -0.2) is 44.7 Å². The first-order valence-corrected chi connectivity index (χ1v) is 12.1. The van der Waals surface area contributed by atoms with E-state index in [4.69, 9.17) is 4.42 Å². The van der Waals surface area contributed by atoms with Gasteiger partial charge in [-0.1, -0.05) is 13.0 Å². The molecule has 4 atom stereocenters. The van der Waals surface area contributed by atoms with Gasteiger partial charge in [-0.2, -0.15) is 0 Å². The second-order valence-corrected chi connectivity index (χ2v) is 9.39. The SMILES string of the molecule is CCCNC(=O)[C@H]1[C@H](CO)[C@H]2Cn3c(ccc(C4=CCCCC4)c3=O)[C@@H]1N2Cc1cocn1. The molecule has 176 valence electrons. The Morgan fingerprint density at radius 2 is 2.21 bits per heavy atom. The summed E-state index contributed by atoms with van der Waals surface area (Å²) in [5.74, 6) is -0.768. The van der Waals surface area contributed by atoms with Crippen LogP contribution in [0, 0.1) is 11.8 Å². The quantitative estimate of drug-likeness (QED) is 0.670. The van der Waals surface area contributed by atoms with E-state index in [1.807, 2.05) is 23.6 Å². The molecule has 8 heteroatoms. The van der Waals surface area contributed by atoms with Gasteiger partial charge in [0.05, 0.1) is 17.7 Å². The zero-order chi connectivity index (χ0) is 22.9. The summed E-state index contributed by atoms with van der Waals surface area (Å²) >= 11 is 0. The highest BCUT2D eigenvalue weighted by molar-refractivity contribution is 5.80. The van der Waals surface area contributed by atoms with Crippen LogP contribution >= 0.6 is 0 Å². The summed E-state index contributed by atoms with van der Waals surface area (Å²) in [5, 5.41) is 13.4. The van der Waals surface area contributed by atoms with E-state index < -0.39 is 5.92 Å². The molecule has 3 aliphatic rings. The lowest BCUT2D eigenvalue weighted by molar-refractivity contribution is -0.127. The molecule has 0 radical (unpaired) electrons. The third-order valence-electron chi connectivity index (χ3n) is 7.49. The molecule has 5 rings (SSSR count). The number of amides is 1. The Morgan fingerprint density at radius 3 is 2.91 bits per heavy atom. The zero-order valence-corrected chi connectivity index (χ0v) is 19.1. The minimum absolute atomic E-state index is 0.0167. The van der Waals surface area contributed by atoms with E-state index in [9.17, 15) is 14.7 Å². The maximum absolute atomic E-state index is 13.6. The van der Waals surface area contributed by atoms with Crippen LogP contribution in [0.4, 0.5) is 0 Å². The zero-order valence-electron chi connectivity index (χ0n) is 19.1. The second-order valence-electron chi connectivity index (χ2n) is 9.39. The molecule has 0 spiro atoms. The maximum Gasteiger partial charge on any atom is 0.258 e. The van der Waals surface area contributed by atoms with E-state index in [0.717, 1.165) is 48.2 Å². The van der Waals surface area contributed by atoms with Gasteiger partial charge in [0, 0.05) is 49.5 Å². The highest BCUT2D eigenvalue weighted by Crippen LogP contribution is 2.49.